The monoisotopic (exact) mass is 240 g/mol. The molecule has 2 aliphatic rings. The maximum absolute atomic E-state index is 11.6. The molecule has 1 saturated carbocycles. The van der Waals surface area contributed by atoms with E-state index in [4.69, 9.17) is 5.11 Å². The minimum atomic E-state index is -0.877. The molecule has 0 aromatic carbocycles. The van der Waals surface area contributed by atoms with E-state index in [1.54, 1.807) is 4.90 Å². The van der Waals surface area contributed by atoms with Crippen LogP contribution in [-0.4, -0.2) is 41.6 Å². The van der Waals surface area contributed by atoms with E-state index in [0.29, 0.717) is 5.92 Å². The van der Waals surface area contributed by atoms with Crippen LogP contribution in [0.25, 0.3) is 0 Å². The molecule has 0 spiro atoms. The number of hydrogen-bond donors (Lipinski definition) is 2. The minimum Gasteiger partial charge on any atom is -0.481 e. The van der Waals surface area contributed by atoms with Crippen LogP contribution in [0.1, 0.15) is 32.1 Å². The Bertz CT molecular complexity index is 294. The summed E-state index contributed by atoms with van der Waals surface area (Å²) in [6.07, 6.45) is 5.31. The SMILES string of the molecule is O=C(O)CCNC(=O)N1CC(C2CCCC2)C1. The molecule has 0 aromatic heterocycles. The highest BCUT2D eigenvalue weighted by molar-refractivity contribution is 5.76. The number of carbonyl (C=O) groups is 2. The molecule has 0 radical (unpaired) electrons. The van der Waals surface area contributed by atoms with Crippen LogP contribution in [0.5, 0.6) is 0 Å². The first kappa shape index (κ1) is 12.2. The highest BCUT2D eigenvalue weighted by Crippen LogP contribution is 2.36. The van der Waals surface area contributed by atoms with Gasteiger partial charge in [0.2, 0.25) is 0 Å². The number of aliphatic carboxylic acids is 1. The van der Waals surface area contributed by atoms with Crippen molar-refractivity contribution in [2.75, 3.05) is 19.6 Å². The van der Waals surface area contributed by atoms with Gasteiger partial charge in [0.05, 0.1) is 6.42 Å². The summed E-state index contributed by atoms with van der Waals surface area (Å²) in [4.78, 5) is 23.7. The Labute approximate surface area is 101 Å². The van der Waals surface area contributed by atoms with Crippen LogP contribution in [0.15, 0.2) is 0 Å². The molecule has 0 aromatic rings. The largest absolute Gasteiger partial charge is 0.481 e. The number of likely N-dealkylation sites (tertiary alicyclic amines) is 1. The normalized spacial score (nSPS) is 21.3. The third-order valence-corrected chi connectivity index (χ3v) is 3.88. The number of urea groups is 1. The van der Waals surface area contributed by atoms with Gasteiger partial charge in [-0.25, -0.2) is 4.79 Å². The zero-order valence-electron chi connectivity index (χ0n) is 10.0. The second-order valence-electron chi connectivity index (χ2n) is 5.09. The Kier molecular flexibility index (Phi) is 3.86. The number of hydrogen-bond acceptors (Lipinski definition) is 2. The molecule has 1 aliphatic carbocycles. The van der Waals surface area contributed by atoms with Crippen molar-refractivity contribution >= 4 is 12.0 Å². The topological polar surface area (TPSA) is 69.6 Å². The van der Waals surface area contributed by atoms with Gasteiger partial charge >= 0.3 is 12.0 Å². The van der Waals surface area contributed by atoms with Gasteiger partial charge in [-0.15, -0.1) is 0 Å². The number of carbonyl (C=O) groups excluding carboxylic acids is 1. The lowest BCUT2D eigenvalue weighted by atomic mass is 9.85. The summed E-state index contributed by atoms with van der Waals surface area (Å²) in [5, 5.41) is 11.1. The van der Waals surface area contributed by atoms with Crippen LogP contribution in [-0.2, 0) is 4.79 Å². The van der Waals surface area contributed by atoms with Gasteiger partial charge in [-0.05, 0) is 11.8 Å². The van der Waals surface area contributed by atoms with Gasteiger partial charge in [0.25, 0.3) is 0 Å². The van der Waals surface area contributed by atoms with E-state index in [1.165, 1.54) is 25.7 Å². The number of nitrogens with zero attached hydrogens (tertiary/aromatic N) is 1. The van der Waals surface area contributed by atoms with Crippen LogP contribution < -0.4 is 5.32 Å². The van der Waals surface area contributed by atoms with Gasteiger partial charge < -0.3 is 15.3 Å². The standard InChI is InChI=1S/C12H20N2O3/c15-11(16)5-6-13-12(17)14-7-10(8-14)9-3-1-2-4-9/h9-10H,1-8H2,(H,13,17)(H,15,16). The molecule has 2 fully saturated rings. The predicted octanol–water partition coefficient (Wildman–Crippen LogP) is 1.29. The maximum Gasteiger partial charge on any atom is 0.317 e. The molecule has 17 heavy (non-hydrogen) atoms. The van der Waals surface area contributed by atoms with E-state index < -0.39 is 5.97 Å². The van der Waals surface area contributed by atoms with Crippen LogP contribution in [0.2, 0.25) is 0 Å². The quantitative estimate of drug-likeness (QED) is 0.778. The smallest absolute Gasteiger partial charge is 0.317 e. The van der Waals surface area contributed by atoms with Crippen molar-refractivity contribution in [3.8, 4) is 0 Å². The Morgan fingerprint density at radius 3 is 2.41 bits per heavy atom. The maximum atomic E-state index is 11.6. The van der Waals surface area contributed by atoms with Gasteiger partial charge in [-0.3, -0.25) is 4.79 Å². The first-order valence-electron chi connectivity index (χ1n) is 6.41. The van der Waals surface area contributed by atoms with E-state index in [9.17, 15) is 9.59 Å². The number of carboxylic acid groups (broad SMARTS) is 1. The van der Waals surface area contributed by atoms with E-state index >= 15 is 0 Å². The molecular formula is C12H20N2O3. The van der Waals surface area contributed by atoms with Crippen molar-refractivity contribution in [2.45, 2.75) is 32.1 Å². The molecular weight excluding hydrogens is 220 g/mol. The first-order valence-corrected chi connectivity index (χ1v) is 6.41. The molecule has 0 bridgehead atoms. The van der Waals surface area contributed by atoms with Crippen molar-refractivity contribution < 1.29 is 14.7 Å². The Hall–Kier alpha value is -1.26. The van der Waals surface area contributed by atoms with E-state index in [0.717, 1.165) is 19.0 Å². The van der Waals surface area contributed by atoms with E-state index in [-0.39, 0.29) is 19.0 Å². The fraction of sp³-hybridized carbons (Fsp3) is 0.833. The van der Waals surface area contributed by atoms with Crippen molar-refractivity contribution in [1.82, 2.24) is 10.2 Å². The highest BCUT2D eigenvalue weighted by Gasteiger charge is 2.36. The molecule has 1 aliphatic heterocycles. The van der Waals surface area contributed by atoms with Gasteiger partial charge in [0.1, 0.15) is 0 Å². The first-order chi connectivity index (χ1) is 8.16. The van der Waals surface area contributed by atoms with Gasteiger partial charge in [-0.1, -0.05) is 25.7 Å². The molecule has 5 nitrogen and oxygen atoms in total. The zero-order valence-corrected chi connectivity index (χ0v) is 10.0. The van der Waals surface area contributed by atoms with Crippen LogP contribution in [0.4, 0.5) is 4.79 Å². The fourth-order valence-electron chi connectivity index (χ4n) is 2.79. The van der Waals surface area contributed by atoms with Gasteiger partial charge in [0, 0.05) is 19.6 Å². The molecule has 2 rings (SSSR count). The summed E-state index contributed by atoms with van der Waals surface area (Å²) in [5.74, 6) is 0.624. The lowest BCUT2D eigenvalue weighted by Crippen LogP contribution is -2.55. The summed E-state index contributed by atoms with van der Waals surface area (Å²) in [5.41, 5.74) is 0. The number of rotatable bonds is 4. The summed E-state index contributed by atoms with van der Waals surface area (Å²) in [6, 6.07) is -0.111. The van der Waals surface area contributed by atoms with Crippen molar-refractivity contribution in [2.24, 2.45) is 11.8 Å². The number of nitrogens with one attached hydrogen (secondary N) is 1. The fourth-order valence-corrected chi connectivity index (χ4v) is 2.79. The van der Waals surface area contributed by atoms with Crippen molar-refractivity contribution in [3.05, 3.63) is 0 Å². The third kappa shape index (κ3) is 3.11. The second-order valence-corrected chi connectivity index (χ2v) is 5.09. The second kappa shape index (κ2) is 5.38. The molecule has 0 unspecified atom stereocenters. The van der Waals surface area contributed by atoms with Crippen molar-refractivity contribution in [1.29, 1.82) is 0 Å². The molecule has 96 valence electrons. The predicted molar refractivity (Wildman–Crippen MR) is 62.7 cm³/mol. The summed E-state index contributed by atoms with van der Waals surface area (Å²) in [6.45, 7) is 1.92. The number of amides is 2. The lowest BCUT2D eigenvalue weighted by molar-refractivity contribution is -0.136. The summed E-state index contributed by atoms with van der Waals surface area (Å²) >= 11 is 0. The Morgan fingerprint density at radius 1 is 1.18 bits per heavy atom. The average Bonchev–Trinajstić information content (AvgIpc) is 2.68. The van der Waals surface area contributed by atoms with Gasteiger partial charge in [0.15, 0.2) is 0 Å². The Balaban J connectivity index is 1.61. The minimum absolute atomic E-state index is 0.00830. The Morgan fingerprint density at radius 2 is 1.82 bits per heavy atom. The third-order valence-electron chi connectivity index (χ3n) is 3.88. The molecule has 0 atom stereocenters. The molecule has 2 amide bonds. The average molecular weight is 240 g/mol. The zero-order chi connectivity index (χ0) is 12.3. The van der Waals surface area contributed by atoms with E-state index in [1.807, 2.05) is 0 Å². The van der Waals surface area contributed by atoms with Crippen LogP contribution in [0.3, 0.4) is 0 Å². The van der Waals surface area contributed by atoms with E-state index in [2.05, 4.69) is 5.32 Å². The van der Waals surface area contributed by atoms with Crippen LogP contribution in [0, 0.1) is 11.8 Å². The van der Waals surface area contributed by atoms with Gasteiger partial charge in [-0.2, -0.15) is 0 Å². The summed E-state index contributed by atoms with van der Waals surface area (Å²) in [7, 11) is 0. The molecule has 2 N–H and O–H groups in total. The lowest BCUT2D eigenvalue weighted by Gasteiger charge is -2.42. The molecule has 1 heterocycles. The van der Waals surface area contributed by atoms with Crippen LogP contribution >= 0.6 is 0 Å². The summed E-state index contributed by atoms with van der Waals surface area (Å²) < 4.78 is 0. The number of carboxylic acids is 1. The molecule has 5 heteroatoms. The highest BCUT2D eigenvalue weighted by atomic mass is 16.4. The van der Waals surface area contributed by atoms with Crippen molar-refractivity contribution in [3.63, 3.8) is 0 Å². The molecule has 1 saturated heterocycles.